The van der Waals surface area contributed by atoms with Gasteiger partial charge in [0.15, 0.2) is 0 Å². The lowest BCUT2D eigenvalue weighted by atomic mass is 9.85. The first-order valence-electron chi connectivity index (χ1n) is 7.39. The standard InChI is InChI=1S/C16H15N5O2/c17-16-19-14-12(15(22)23)7-11(8-21(14)20-16)9-3-4-13-10(6-9)2-1-5-18-13/h1-6,11-12H,7-8H2,(H2,17,20)(H,22,23). The largest absolute Gasteiger partial charge is 0.481 e. The predicted molar refractivity (Wildman–Crippen MR) is 83.9 cm³/mol. The number of hydrogen-bond donors (Lipinski definition) is 2. The first-order valence-corrected chi connectivity index (χ1v) is 7.39. The van der Waals surface area contributed by atoms with Gasteiger partial charge in [-0.05, 0) is 30.2 Å². The van der Waals surface area contributed by atoms with E-state index in [-0.39, 0.29) is 11.9 Å². The number of carboxylic acids is 1. The molecule has 4 rings (SSSR count). The van der Waals surface area contributed by atoms with E-state index in [0.717, 1.165) is 16.5 Å². The molecule has 3 N–H and O–H groups in total. The summed E-state index contributed by atoms with van der Waals surface area (Å²) < 4.78 is 1.62. The van der Waals surface area contributed by atoms with Crippen molar-refractivity contribution in [2.45, 2.75) is 24.8 Å². The molecule has 0 spiro atoms. The highest BCUT2D eigenvalue weighted by Gasteiger charge is 2.35. The lowest BCUT2D eigenvalue weighted by molar-refractivity contribution is -0.139. The van der Waals surface area contributed by atoms with Crippen LogP contribution < -0.4 is 5.73 Å². The van der Waals surface area contributed by atoms with Crippen molar-refractivity contribution in [3.63, 3.8) is 0 Å². The van der Waals surface area contributed by atoms with E-state index in [2.05, 4.69) is 21.1 Å². The van der Waals surface area contributed by atoms with Crippen molar-refractivity contribution >= 4 is 22.8 Å². The number of pyridine rings is 1. The highest BCUT2D eigenvalue weighted by Crippen LogP contribution is 2.36. The second-order valence-corrected chi connectivity index (χ2v) is 5.79. The molecule has 2 unspecified atom stereocenters. The van der Waals surface area contributed by atoms with Crippen LogP contribution in [0.1, 0.15) is 29.6 Å². The zero-order valence-electron chi connectivity index (χ0n) is 12.3. The van der Waals surface area contributed by atoms with Crippen LogP contribution in [0.2, 0.25) is 0 Å². The van der Waals surface area contributed by atoms with Crippen molar-refractivity contribution in [1.82, 2.24) is 19.7 Å². The van der Waals surface area contributed by atoms with Crippen molar-refractivity contribution in [1.29, 1.82) is 0 Å². The van der Waals surface area contributed by atoms with Crippen LogP contribution in [0.25, 0.3) is 10.9 Å². The summed E-state index contributed by atoms with van der Waals surface area (Å²) in [7, 11) is 0. The van der Waals surface area contributed by atoms with Gasteiger partial charge in [0.25, 0.3) is 0 Å². The molecule has 2 atom stereocenters. The molecule has 1 aromatic carbocycles. The van der Waals surface area contributed by atoms with Crippen LogP contribution in [-0.4, -0.2) is 30.8 Å². The number of benzene rings is 1. The maximum atomic E-state index is 11.6. The number of nitrogens with zero attached hydrogens (tertiary/aromatic N) is 4. The molecule has 0 saturated heterocycles. The molecule has 7 nitrogen and oxygen atoms in total. The Morgan fingerprint density at radius 2 is 2.22 bits per heavy atom. The van der Waals surface area contributed by atoms with Gasteiger partial charge in [0.1, 0.15) is 11.7 Å². The Morgan fingerprint density at radius 3 is 3.04 bits per heavy atom. The minimum absolute atomic E-state index is 0.0503. The maximum Gasteiger partial charge on any atom is 0.314 e. The van der Waals surface area contributed by atoms with Crippen molar-refractivity contribution in [3.8, 4) is 0 Å². The number of anilines is 1. The number of carboxylic acid groups (broad SMARTS) is 1. The van der Waals surface area contributed by atoms with E-state index in [0.29, 0.717) is 18.8 Å². The fraction of sp³-hybridized carbons (Fsp3) is 0.250. The average molecular weight is 309 g/mol. The zero-order valence-corrected chi connectivity index (χ0v) is 12.3. The monoisotopic (exact) mass is 309 g/mol. The highest BCUT2D eigenvalue weighted by molar-refractivity contribution is 5.79. The van der Waals surface area contributed by atoms with Crippen LogP contribution in [0.4, 0.5) is 5.95 Å². The summed E-state index contributed by atoms with van der Waals surface area (Å²) in [6.45, 7) is 0.578. The Bertz CT molecular complexity index is 904. The normalized spacial score (nSPS) is 20.3. The molecule has 0 fully saturated rings. The van der Waals surface area contributed by atoms with Gasteiger partial charge < -0.3 is 10.8 Å². The number of hydrogen-bond acceptors (Lipinski definition) is 5. The quantitative estimate of drug-likeness (QED) is 0.747. The number of carbonyl (C=O) groups is 1. The second kappa shape index (κ2) is 5.05. The zero-order chi connectivity index (χ0) is 16.0. The van der Waals surface area contributed by atoms with Crippen LogP contribution in [0.5, 0.6) is 0 Å². The Balaban J connectivity index is 1.75. The third kappa shape index (κ3) is 2.30. The molecule has 0 radical (unpaired) electrons. The molecule has 1 aliphatic rings. The fourth-order valence-electron chi connectivity index (χ4n) is 3.24. The van der Waals surface area contributed by atoms with E-state index in [4.69, 9.17) is 5.73 Å². The van der Waals surface area contributed by atoms with Crippen LogP contribution in [0.15, 0.2) is 36.5 Å². The smallest absolute Gasteiger partial charge is 0.314 e. The second-order valence-electron chi connectivity index (χ2n) is 5.79. The van der Waals surface area contributed by atoms with Gasteiger partial charge in [-0.25, -0.2) is 4.68 Å². The molecule has 116 valence electrons. The molecular formula is C16H15N5O2. The molecule has 0 aliphatic carbocycles. The molecular weight excluding hydrogens is 294 g/mol. The summed E-state index contributed by atoms with van der Waals surface area (Å²) in [6.07, 6.45) is 2.24. The van der Waals surface area contributed by atoms with E-state index in [1.807, 2.05) is 24.3 Å². The Kier molecular flexibility index (Phi) is 3.00. The Morgan fingerprint density at radius 1 is 1.35 bits per heavy atom. The summed E-state index contributed by atoms with van der Waals surface area (Å²) in [5.74, 6) is -0.980. The fourth-order valence-corrected chi connectivity index (χ4v) is 3.24. The Hall–Kier alpha value is -2.96. The molecule has 0 bridgehead atoms. The van der Waals surface area contributed by atoms with E-state index in [1.165, 1.54) is 0 Å². The lowest BCUT2D eigenvalue weighted by Crippen LogP contribution is -2.28. The van der Waals surface area contributed by atoms with Gasteiger partial charge in [-0.3, -0.25) is 9.78 Å². The van der Waals surface area contributed by atoms with E-state index in [1.54, 1.807) is 10.9 Å². The van der Waals surface area contributed by atoms with Gasteiger partial charge in [0.2, 0.25) is 5.95 Å². The van der Waals surface area contributed by atoms with Crippen LogP contribution in [-0.2, 0) is 11.3 Å². The SMILES string of the molecule is Nc1nc2n(n1)CC(c1ccc3ncccc3c1)CC2C(=O)O. The highest BCUT2D eigenvalue weighted by atomic mass is 16.4. The number of fused-ring (bicyclic) bond motifs is 2. The van der Waals surface area contributed by atoms with E-state index in [9.17, 15) is 9.90 Å². The topological polar surface area (TPSA) is 107 Å². The molecule has 3 heterocycles. The summed E-state index contributed by atoms with van der Waals surface area (Å²) in [4.78, 5) is 20.0. The number of rotatable bonds is 2. The van der Waals surface area contributed by atoms with Gasteiger partial charge in [-0.15, -0.1) is 5.10 Å². The van der Waals surface area contributed by atoms with Gasteiger partial charge in [-0.1, -0.05) is 12.1 Å². The van der Waals surface area contributed by atoms with Crippen molar-refractivity contribution in [2.75, 3.05) is 5.73 Å². The van der Waals surface area contributed by atoms with Gasteiger partial charge in [0, 0.05) is 17.5 Å². The average Bonchev–Trinajstić information content (AvgIpc) is 2.93. The maximum absolute atomic E-state index is 11.6. The summed E-state index contributed by atoms with van der Waals surface area (Å²) in [5, 5.41) is 14.7. The van der Waals surface area contributed by atoms with Crippen molar-refractivity contribution in [3.05, 3.63) is 47.9 Å². The van der Waals surface area contributed by atoms with Crippen LogP contribution >= 0.6 is 0 Å². The first kappa shape index (κ1) is 13.7. The van der Waals surface area contributed by atoms with Gasteiger partial charge in [0.05, 0.1) is 12.1 Å². The summed E-state index contributed by atoms with van der Waals surface area (Å²) in [6, 6.07) is 9.93. The third-order valence-corrected chi connectivity index (χ3v) is 4.34. The summed E-state index contributed by atoms with van der Waals surface area (Å²) in [5.41, 5.74) is 7.64. The molecule has 23 heavy (non-hydrogen) atoms. The number of aromatic nitrogens is 4. The number of nitrogens with two attached hydrogens (primary N) is 1. The number of aliphatic carboxylic acids is 1. The minimum Gasteiger partial charge on any atom is -0.481 e. The lowest BCUT2D eigenvalue weighted by Gasteiger charge is -2.27. The van der Waals surface area contributed by atoms with Crippen molar-refractivity contribution in [2.24, 2.45) is 0 Å². The van der Waals surface area contributed by atoms with Crippen LogP contribution in [0, 0.1) is 0 Å². The predicted octanol–water partition coefficient (Wildman–Crippen LogP) is 1.76. The summed E-state index contributed by atoms with van der Waals surface area (Å²) >= 11 is 0. The first-order chi connectivity index (χ1) is 11.1. The third-order valence-electron chi connectivity index (χ3n) is 4.34. The molecule has 3 aromatic rings. The molecule has 1 aliphatic heterocycles. The van der Waals surface area contributed by atoms with Gasteiger partial charge in [-0.2, -0.15) is 4.98 Å². The molecule has 7 heteroatoms. The minimum atomic E-state index is -0.897. The molecule has 0 saturated carbocycles. The van der Waals surface area contributed by atoms with Crippen LogP contribution in [0.3, 0.4) is 0 Å². The van der Waals surface area contributed by atoms with E-state index < -0.39 is 11.9 Å². The Labute approximate surface area is 131 Å². The van der Waals surface area contributed by atoms with Crippen molar-refractivity contribution < 1.29 is 9.90 Å². The molecule has 0 amide bonds. The molecule has 2 aromatic heterocycles. The number of nitrogen functional groups attached to an aromatic ring is 1. The van der Waals surface area contributed by atoms with Gasteiger partial charge >= 0.3 is 5.97 Å². The van der Waals surface area contributed by atoms with E-state index >= 15 is 0 Å².